The molecule has 1 aliphatic rings. The number of ether oxygens (including phenoxy) is 1. The van der Waals surface area contributed by atoms with Gasteiger partial charge in [0.1, 0.15) is 5.75 Å². The van der Waals surface area contributed by atoms with E-state index in [1.807, 2.05) is 6.92 Å². The van der Waals surface area contributed by atoms with Crippen LogP contribution in [0.3, 0.4) is 0 Å². The van der Waals surface area contributed by atoms with Crippen molar-refractivity contribution >= 4 is 0 Å². The molecule has 3 heteroatoms. The third-order valence-electron chi connectivity index (χ3n) is 4.39. The summed E-state index contributed by atoms with van der Waals surface area (Å²) in [4.78, 5) is 2.58. The van der Waals surface area contributed by atoms with E-state index in [1.165, 1.54) is 43.4 Å². The van der Waals surface area contributed by atoms with Gasteiger partial charge in [0.25, 0.3) is 0 Å². The van der Waals surface area contributed by atoms with Crippen LogP contribution in [0.2, 0.25) is 0 Å². The molecule has 2 N–H and O–H groups in total. The predicted octanol–water partition coefficient (Wildman–Crippen LogP) is 3.48. The van der Waals surface area contributed by atoms with Gasteiger partial charge in [-0.2, -0.15) is 0 Å². The first-order valence-corrected chi connectivity index (χ1v) is 7.78. The molecule has 1 fully saturated rings. The van der Waals surface area contributed by atoms with Crippen LogP contribution in [0, 0.1) is 0 Å². The smallest absolute Gasteiger partial charge is 0.123 e. The average Bonchev–Trinajstić information content (AvgIpc) is 2.64. The molecule has 0 bridgehead atoms. The van der Waals surface area contributed by atoms with E-state index in [0.717, 1.165) is 12.3 Å². The van der Waals surface area contributed by atoms with Gasteiger partial charge in [0.05, 0.1) is 7.11 Å². The largest absolute Gasteiger partial charge is 0.496 e. The predicted molar refractivity (Wildman–Crippen MR) is 83.9 cm³/mol. The van der Waals surface area contributed by atoms with Crippen molar-refractivity contribution in [1.29, 1.82) is 0 Å². The fraction of sp³-hybridized carbons (Fsp3) is 0.647. The van der Waals surface area contributed by atoms with Crippen molar-refractivity contribution in [3.05, 3.63) is 29.3 Å². The lowest BCUT2D eigenvalue weighted by Crippen LogP contribution is -2.32. The zero-order valence-corrected chi connectivity index (χ0v) is 13.1. The lowest BCUT2D eigenvalue weighted by Gasteiger charge is -2.28. The van der Waals surface area contributed by atoms with E-state index < -0.39 is 0 Å². The summed E-state index contributed by atoms with van der Waals surface area (Å²) in [6.07, 6.45) is 5.32. The quantitative estimate of drug-likeness (QED) is 0.915. The second kappa shape index (κ2) is 7.09. The Hall–Kier alpha value is -1.06. The van der Waals surface area contributed by atoms with Crippen LogP contribution in [0.5, 0.6) is 5.75 Å². The number of nitrogens with two attached hydrogens (primary N) is 1. The molecule has 0 radical (unpaired) electrons. The molecule has 1 aromatic rings. The summed E-state index contributed by atoms with van der Waals surface area (Å²) in [7, 11) is 1.75. The molecule has 1 saturated heterocycles. The summed E-state index contributed by atoms with van der Waals surface area (Å²) < 4.78 is 5.52. The van der Waals surface area contributed by atoms with Crippen molar-refractivity contribution in [2.45, 2.75) is 58.2 Å². The minimum atomic E-state index is 0.0706. The van der Waals surface area contributed by atoms with E-state index in [2.05, 4.69) is 30.0 Å². The van der Waals surface area contributed by atoms with Crippen molar-refractivity contribution in [3.8, 4) is 5.75 Å². The molecule has 2 unspecified atom stereocenters. The van der Waals surface area contributed by atoms with Crippen LogP contribution in [-0.2, 0) is 6.54 Å². The van der Waals surface area contributed by atoms with Crippen LogP contribution in [-0.4, -0.2) is 24.6 Å². The molecular formula is C17H28N2O. The fourth-order valence-electron chi connectivity index (χ4n) is 2.99. The summed E-state index contributed by atoms with van der Waals surface area (Å²) in [5.74, 6) is 0.978. The Morgan fingerprint density at radius 1 is 1.35 bits per heavy atom. The van der Waals surface area contributed by atoms with E-state index in [0.29, 0.717) is 6.04 Å². The maximum Gasteiger partial charge on any atom is 0.123 e. The Morgan fingerprint density at radius 2 is 2.15 bits per heavy atom. The van der Waals surface area contributed by atoms with E-state index in [-0.39, 0.29) is 6.04 Å². The van der Waals surface area contributed by atoms with E-state index in [9.17, 15) is 0 Å². The molecule has 1 aromatic carbocycles. The summed E-state index contributed by atoms with van der Waals surface area (Å²) in [5, 5.41) is 0. The fourth-order valence-corrected chi connectivity index (χ4v) is 2.99. The number of methoxy groups -OCH3 is 1. The highest BCUT2D eigenvalue weighted by molar-refractivity contribution is 5.38. The Kier molecular flexibility index (Phi) is 5.44. The van der Waals surface area contributed by atoms with Gasteiger partial charge >= 0.3 is 0 Å². The van der Waals surface area contributed by atoms with E-state index in [1.54, 1.807) is 7.11 Å². The first kappa shape index (κ1) is 15.3. The van der Waals surface area contributed by atoms with Crippen molar-refractivity contribution < 1.29 is 4.74 Å². The van der Waals surface area contributed by atoms with E-state index in [4.69, 9.17) is 10.5 Å². The second-order valence-electron chi connectivity index (χ2n) is 6.03. The molecule has 0 amide bonds. The SMILES string of the molecule is COc1ccc(C(C)N)cc1CN1CCCCCC1C. The molecule has 1 aliphatic heterocycles. The van der Waals surface area contributed by atoms with Crippen LogP contribution in [0.1, 0.15) is 56.7 Å². The third-order valence-corrected chi connectivity index (χ3v) is 4.39. The number of likely N-dealkylation sites (tertiary alicyclic amines) is 1. The first-order valence-electron chi connectivity index (χ1n) is 7.78. The average molecular weight is 276 g/mol. The lowest BCUT2D eigenvalue weighted by atomic mass is 10.0. The number of rotatable bonds is 4. The Morgan fingerprint density at radius 3 is 2.85 bits per heavy atom. The zero-order chi connectivity index (χ0) is 14.5. The molecule has 1 heterocycles. The molecule has 0 spiro atoms. The summed E-state index contributed by atoms with van der Waals surface area (Å²) in [6, 6.07) is 7.05. The standard InChI is InChI=1S/C17H28N2O/c1-13-7-5-4-6-10-19(13)12-16-11-15(14(2)18)8-9-17(16)20-3/h8-9,11,13-14H,4-7,10,12,18H2,1-3H3. The molecular weight excluding hydrogens is 248 g/mol. The highest BCUT2D eigenvalue weighted by atomic mass is 16.5. The normalized spacial score (nSPS) is 22.3. The van der Waals surface area contributed by atoms with Crippen molar-refractivity contribution in [2.24, 2.45) is 5.73 Å². The van der Waals surface area contributed by atoms with Gasteiger partial charge in [-0.15, -0.1) is 0 Å². The van der Waals surface area contributed by atoms with Gasteiger partial charge < -0.3 is 10.5 Å². The summed E-state index contributed by atoms with van der Waals surface area (Å²) >= 11 is 0. The van der Waals surface area contributed by atoms with Gasteiger partial charge in [-0.3, -0.25) is 4.90 Å². The third kappa shape index (κ3) is 3.74. The first-order chi connectivity index (χ1) is 9.61. The Bertz CT molecular complexity index is 431. The zero-order valence-electron chi connectivity index (χ0n) is 13.1. The van der Waals surface area contributed by atoms with Gasteiger partial charge in [-0.25, -0.2) is 0 Å². The minimum Gasteiger partial charge on any atom is -0.496 e. The number of hydrogen-bond acceptors (Lipinski definition) is 3. The van der Waals surface area contributed by atoms with Crippen LogP contribution in [0.4, 0.5) is 0 Å². The molecule has 20 heavy (non-hydrogen) atoms. The molecule has 112 valence electrons. The van der Waals surface area contributed by atoms with Gasteiger partial charge in [-0.1, -0.05) is 18.9 Å². The van der Waals surface area contributed by atoms with Crippen LogP contribution in [0.25, 0.3) is 0 Å². The van der Waals surface area contributed by atoms with Crippen LogP contribution < -0.4 is 10.5 Å². The van der Waals surface area contributed by atoms with Gasteiger partial charge in [0.2, 0.25) is 0 Å². The van der Waals surface area contributed by atoms with Gasteiger partial charge in [-0.05, 0) is 50.9 Å². The number of hydrogen-bond donors (Lipinski definition) is 1. The lowest BCUT2D eigenvalue weighted by molar-refractivity contribution is 0.202. The molecule has 0 saturated carbocycles. The highest BCUT2D eigenvalue weighted by Gasteiger charge is 2.18. The maximum atomic E-state index is 6.01. The Balaban J connectivity index is 2.19. The van der Waals surface area contributed by atoms with Crippen molar-refractivity contribution in [2.75, 3.05) is 13.7 Å². The summed E-state index contributed by atoms with van der Waals surface area (Å²) in [5.41, 5.74) is 8.45. The van der Waals surface area contributed by atoms with Crippen molar-refractivity contribution in [3.63, 3.8) is 0 Å². The monoisotopic (exact) mass is 276 g/mol. The number of nitrogens with zero attached hydrogens (tertiary/aromatic N) is 1. The second-order valence-corrected chi connectivity index (χ2v) is 6.03. The highest BCUT2D eigenvalue weighted by Crippen LogP contribution is 2.26. The van der Waals surface area contributed by atoms with Crippen LogP contribution in [0.15, 0.2) is 18.2 Å². The van der Waals surface area contributed by atoms with E-state index >= 15 is 0 Å². The molecule has 3 nitrogen and oxygen atoms in total. The maximum absolute atomic E-state index is 6.01. The molecule has 2 rings (SSSR count). The minimum absolute atomic E-state index is 0.0706. The summed E-state index contributed by atoms with van der Waals surface area (Å²) in [6.45, 7) is 6.52. The van der Waals surface area contributed by atoms with Crippen molar-refractivity contribution in [1.82, 2.24) is 4.90 Å². The molecule has 0 aromatic heterocycles. The molecule has 0 aliphatic carbocycles. The topological polar surface area (TPSA) is 38.5 Å². The van der Waals surface area contributed by atoms with Crippen LogP contribution >= 0.6 is 0 Å². The van der Waals surface area contributed by atoms with Gasteiger partial charge in [0, 0.05) is 24.2 Å². The number of benzene rings is 1. The molecule has 2 atom stereocenters. The Labute approximate surface area is 123 Å². The van der Waals surface area contributed by atoms with Gasteiger partial charge in [0.15, 0.2) is 0 Å².